The molecule has 0 radical (unpaired) electrons. The molecule has 0 aliphatic heterocycles. The van der Waals surface area contributed by atoms with Gasteiger partial charge in [-0.2, -0.15) is 0 Å². The third-order valence-electron chi connectivity index (χ3n) is 7.42. The van der Waals surface area contributed by atoms with Crippen molar-refractivity contribution >= 4 is 54.3 Å². The van der Waals surface area contributed by atoms with Gasteiger partial charge in [0.2, 0.25) is 0 Å². The maximum Gasteiger partial charge on any atom is 0.143 e. The Morgan fingerprint density at radius 2 is 1.06 bits per heavy atom. The Morgan fingerprint density at radius 1 is 0.400 bits per heavy atom. The molecule has 7 aromatic carbocycles. The van der Waals surface area contributed by atoms with Gasteiger partial charge in [-0.15, -0.1) is 0 Å². The van der Waals surface area contributed by atoms with E-state index >= 15 is 0 Å². The first kappa shape index (κ1) is 18.8. The van der Waals surface area contributed by atoms with Crippen LogP contribution in [0.1, 0.15) is 0 Å². The molecule has 1 nitrogen and oxygen atoms in total. The summed E-state index contributed by atoms with van der Waals surface area (Å²) in [5.41, 5.74) is 6.64. The summed E-state index contributed by atoms with van der Waals surface area (Å²) >= 11 is 0. The van der Waals surface area contributed by atoms with Crippen LogP contribution in [0.4, 0.5) is 0 Å². The van der Waals surface area contributed by atoms with Crippen molar-refractivity contribution in [3.8, 4) is 22.3 Å². The molecule has 35 heavy (non-hydrogen) atoms. The molecule has 0 bridgehead atoms. The molecule has 1 heterocycles. The first-order chi connectivity index (χ1) is 17.3. The van der Waals surface area contributed by atoms with E-state index in [4.69, 9.17) is 4.42 Å². The molecule has 0 unspecified atom stereocenters. The van der Waals surface area contributed by atoms with Crippen LogP contribution in [-0.4, -0.2) is 0 Å². The van der Waals surface area contributed by atoms with Crippen molar-refractivity contribution in [2.45, 2.75) is 0 Å². The lowest BCUT2D eigenvalue weighted by atomic mass is 9.89. The summed E-state index contributed by atoms with van der Waals surface area (Å²) in [5, 5.41) is 10.2. The number of hydrogen-bond acceptors (Lipinski definition) is 1. The van der Waals surface area contributed by atoms with Crippen LogP contribution in [0.15, 0.2) is 126 Å². The SMILES string of the molecule is c1cc(-c2ccc3ccc4cccc5ccc2c3c45)cc(-c2cccc3c2oc2ccccc23)c1. The van der Waals surface area contributed by atoms with Gasteiger partial charge < -0.3 is 4.42 Å². The van der Waals surface area contributed by atoms with Gasteiger partial charge in [-0.25, -0.2) is 0 Å². The van der Waals surface area contributed by atoms with E-state index < -0.39 is 0 Å². The van der Waals surface area contributed by atoms with Crippen LogP contribution in [0, 0.1) is 0 Å². The Bertz CT molecular complexity index is 2040. The van der Waals surface area contributed by atoms with Crippen molar-refractivity contribution in [1.29, 1.82) is 0 Å². The lowest BCUT2D eigenvalue weighted by Crippen LogP contribution is -1.88. The number of fused-ring (bicyclic) bond motifs is 3. The maximum absolute atomic E-state index is 6.33. The minimum atomic E-state index is 0.929. The van der Waals surface area contributed by atoms with Crippen LogP contribution < -0.4 is 0 Å². The third-order valence-corrected chi connectivity index (χ3v) is 7.42. The van der Waals surface area contributed by atoms with E-state index in [0.29, 0.717) is 0 Å². The van der Waals surface area contributed by atoms with Crippen molar-refractivity contribution in [3.05, 3.63) is 121 Å². The van der Waals surface area contributed by atoms with E-state index in [0.717, 1.165) is 33.1 Å². The summed E-state index contributed by atoms with van der Waals surface area (Å²) in [7, 11) is 0. The summed E-state index contributed by atoms with van der Waals surface area (Å²) < 4.78 is 6.33. The van der Waals surface area contributed by atoms with Gasteiger partial charge in [0.25, 0.3) is 0 Å². The molecule has 0 aliphatic carbocycles. The Hall–Kier alpha value is -4.62. The van der Waals surface area contributed by atoms with Crippen LogP contribution in [0.2, 0.25) is 0 Å². The predicted octanol–water partition coefficient (Wildman–Crippen LogP) is 9.82. The second-order valence-corrected chi connectivity index (χ2v) is 9.33. The molecule has 0 saturated carbocycles. The molecule has 0 N–H and O–H groups in total. The van der Waals surface area contributed by atoms with Gasteiger partial charge in [0.15, 0.2) is 0 Å². The highest BCUT2D eigenvalue weighted by Crippen LogP contribution is 2.41. The molecule has 0 fully saturated rings. The predicted molar refractivity (Wildman–Crippen MR) is 148 cm³/mol. The summed E-state index contributed by atoms with van der Waals surface area (Å²) in [6.07, 6.45) is 0. The summed E-state index contributed by atoms with van der Waals surface area (Å²) in [4.78, 5) is 0. The molecular weight excluding hydrogens is 424 g/mol. The average Bonchev–Trinajstić information content (AvgIpc) is 3.31. The van der Waals surface area contributed by atoms with Gasteiger partial charge in [-0.3, -0.25) is 0 Å². The van der Waals surface area contributed by atoms with E-state index in [-0.39, 0.29) is 0 Å². The van der Waals surface area contributed by atoms with Crippen LogP contribution in [0.25, 0.3) is 76.5 Å². The lowest BCUT2D eigenvalue weighted by Gasteiger charge is -2.14. The van der Waals surface area contributed by atoms with Gasteiger partial charge in [-0.1, -0.05) is 109 Å². The summed E-state index contributed by atoms with van der Waals surface area (Å²) in [5.74, 6) is 0. The largest absolute Gasteiger partial charge is 0.455 e. The number of para-hydroxylation sites is 2. The number of hydrogen-bond donors (Lipinski definition) is 0. The van der Waals surface area contributed by atoms with E-state index in [1.807, 2.05) is 12.1 Å². The second kappa shape index (κ2) is 6.94. The van der Waals surface area contributed by atoms with E-state index in [2.05, 4.69) is 109 Å². The molecule has 0 saturated heterocycles. The van der Waals surface area contributed by atoms with Gasteiger partial charge in [0.05, 0.1) is 0 Å². The fourth-order valence-electron chi connectivity index (χ4n) is 5.82. The average molecular weight is 445 g/mol. The minimum Gasteiger partial charge on any atom is -0.455 e. The van der Waals surface area contributed by atoms with Crippen LogP contribution in [-0.2, 0) is 0 Å². The van der Waals surface area contributed by atoms with E-state index in [1.165, 1.54) is 43.4 Å². The highest BCUT2D eigenvalue weighted by Gasteiger charge is 2.15. The fourth-order valence-corrected chi connectivity index (χ4v) is 5.82. The fraction of sp³-hybridized carbons (Fsp3) is 0. The van der Waals surface area contributed by atoms with Crippen molar-refractivity contribution < 1.29 is 4.42 Å². The first-order valence-electron chi connectivity index (χ1n) is 12.0. The van der Waals surface area contributed by atoms with Gasteiger partial charge in [-0.05, 0) is 61.1 Å². The first-order valence-corrected chi connectivity index (χ1v) is 12.0. The van der Waals surface area contributed by atoms with Crippen molar-refractivity contribution in [3.63, 3.8) is 0 Å². The number of rotatable bonds is 2. The molecule has 0 spiro atoms. The zero-order chi connectivity index (χ0) is 22.9. The standard InChI is InChI=1S/C34H20O/c1-2-13-31-28(10-1)30-12-5-11-27(34(30)35-31)25-9-4-8-24(20-25)26-18-16-23-15-14-21-6-3-7-22-17-19-29(26)33(23)32(21)22/h1-20H. The van der Waals surface area contributed by atoms with E-state index in [1.54, 1.807) is 0 Å². The Balaban J connectivity index is 1.38. The van der Waals surface area contributed by atoms with Crippen LogP contribution >= 0.6 is 0 Å². The van der Waals surface area contributed by atoms with Gasteiger partial charge >= 0.3 is 0 Å². The minimum absolute atomic E-state index is 0.929. The lowest BCUT2D eigenvalue weighted by molar-refractivity contribution is 0.670. The zero-order valence-corrected chi connectivity index (χ0v) is 19.0. The van der Waals surface area contributed by atoms with Crippen LogP contribution in [0.5, 0.6) is 0 Å². The topological polar surface area (TPSA) is 13.1 Å². The monoisotopic (exact) mass is 444 g/mol. The van der Waals surface area contributed by atoms with Crippen LogP contribution in [0.3, 0.4) is 0 Å². The quantitative estimate of drug-likeness (QED) is 0.242. The van der Waals surface area contributed by atoms with Gasteiger partial charge in [0, 0.05) is 16.3 Å². The molecule has 1 aromatic heterocycles. The maximum atomic E-state index is 6.33. The normalized spacial score (nSPS) is 12.0. The molecule has 0 atom stereocenters. The molecule has 0 amide bonds. The summed E-state index contributed by atoms with van der Waals surface area (Å²) in [6, 6.07) is 43.7. The molecule has 162 valence electrons. The molecule has 0 aliphatic rings. The zero-order valence-electron chi connectivity index (χ0n) is 19.0. The second-order valence-electron chi connectivity index (χ2n) is 9.33. The Kier molecular flexibility index (Phi) is 3.72. The molecule has 1 heteroatoms. The molecule has 8 aromatic rings. The van der Waals surface area contributed by atoms with Crippen molar-refractivity contribution in [2.75, 3.05) is 0 Å². The number of benzene rings is 7. The Labute approximate surface area is 202 Å². The molecular formula is C34H20O. The highest BCUT2D eigenvalue weighted by molar-refractivity contribution is 6.25. The highest BCUT2D eigenvalue weighted by atomic mass is 16.3. The number of furan rings is 1. The molecule has 8 rings (SSSR count). The van der Waals surface area contributed by atoms with Crippen molar-refractivity contribution in [1.82, 2.24) is 0 Å². The Morgan fingerprint density at radius 3 is 1.94 bits per heavy atom. The smallest absolute Gasteiger partial charge is 0.143 e. The third kappa shape index (κ3) is 2.64. The van der Waals surface area contributed by atoms with Gasteiger partial charge in [0.1, 0.15) is 11.2 Å². The van der Waals surface area contributed by atoms with Crippen molar-refractivity contribution in [2.24, 2.45) is 0 Å². The summed E-state index contributed by atoms with van der Waals surface area (Å²) in [6.45, 7) is 0. The van der Waals surface area contributed by atoms with E-state index in [9.17, 15) is 0 Å².